The number of aromatic nitrogens is 3. The van der Waals surface area contributed by atoms with Gasteiger partial charge >= 0.3 is 0 Å². The number of nitrogens with one attached hydrogen (secondary N) is 2. The molecule has 0 saturated carbocycles. The minimum atomic E-state index is 0.290. The monoisotopic (exact) mass is 451 g/mol. The first-order valence-electron chi connectivity index (χ1n) is 12.1. The Bertz CT molecular complexity index is 1160. The highest BCUT2D eigenvalue weighted by Crippen LogP contribution is 2.31. The van der Waals surface area contributed by atoms with Gasteiger partial charge in [-0.2, -0.15) is 0 Å². The number of aryl methyl sites for hydroxylation is 1. The van der Waals surface area contributed by atoms with E-state index < -0.39 is 0 Å². The van der Waals surface area contributed by atoms with Crippen molar-refractivity contribution in [2.45, 2.75) is 39.2 Å². The van der Waals surface area contributed by atoms with Gasteiger partial charge in [-0.05, 0) is 49.6 Å². The molecule has 0 bridgehead atoms. The van der Waals surface area contributed by atoms with E-state index >= 15 is 0 Å². The summed E-state index contributed by atoms with van der Waals surface area (Å²) in [4.78, 5) is 13.8. The predicted molar refractivity (Wildman–Crippen MR) is 141 cm³/mol. The van der Waals surface area contributed by atoms with E-state index in [0.717, 1.165) is 41.9 Å². The van der Waals surface area contributed by atoms with Crippen LogP contribution in [0.2, 0.25) is 0 Å². The maximum Gasteiger partial charge on any atom is 0.223 e. The van der Waals surface area contributed by atoms with Crippen molar-refractivity contribution in [3.8, 4) is 22.4 Å². The normalized spacial score (nSPS) is 11.8. The molecule has 0 aliphatic rings. The molecule has 4 rings (SSSR count). The van der Waals surface area contributed by atoms with Crippen molar-refractivity contribution in [2.75, 3.05) is 18.4 Å². The molecular weight excluding hydrogens is 418 g/mol. The SMILES string of the molecule is CCCCNC(CNc1ncc(-c2cccc(C)c2)c(-c2ccncc2)n1)Cc1ccccc1. The highest BCUT2D eigenvalue weighted by molar-refractivity contribution is 5.80. The number of unbranched alkanes of at least 4 members (excludes halogenated alkanes) is 1. The molecule has 0 aliphatic carbocycles. The molecule has 2 heterocycles. The van der Waals surface area contributed by atoms with Gasteiger partial charge in [0.2, 0.25) is 5.95 Å². The fourth-order valence-electron chi connectivity index (χ4n) is 4.03. The number of hydrogen-bond acceptors (Lipinski definition) is 5. The fourth-order valence-corrected chi connectivity index (χ4v) is 4.03. The van der Waals surface area contributed by atoms with Crippen molar-refractivity contribution in [2.24, 2.45) is 0 Å². The molecule has 2 N–H and O–H groups in total. The number of nitrogens with zero attached hydrogens (tertiary/aromatic N) is 3. The molecule has 5 heteroatoms. The van der Waals surface area contributed by atoms with Crippen LogP contribution in [-0.2, 0) is 6.42 Å². The van der Waals surface area contributed by atoms with Gasteiger partial charge in [0.15, 0.2) is 0 Å². The molecule has 34 heavy (non-hydrogen) atoms. The summed E-state index contributed by atoms with van der Waals surface area (Å²) in [6.45, 7) is 6.07. The predicted octanol–water partition coefficient (Wildman–Crippen LogP) is 5.93. The quantitative estimate of drug-likeness (QED) is 0.277. The van der Waals surface area contributed by atoms with Crippen LogP contribution < -0.4 is 10.6 Å². The average molecular weight is 452 g/mol. The van der Waals surface area contributed by atoms with Gasteiger partial charge in [-0.25, -0.2) is 9.97 Å². The fraction of sp³-hybridized carbons (Fsp3) is 0.276. The topological polar surface area (TPSA) is 62.7 Å². The van der Waals surface area contributed by atoms with E-state index in [4.69, 9.17) is 4.98 Å². The molecule has 0 spiro atoms. The zero-order valence-electron chi connectivity index (χ0n) is 20.0. The molecule has 2 aromatic carbocycles. The van der Waals surface area contributed by atoms with Crippen LogP contribution in [0.5, 0.6) is 0 Å². The number of anilines is 1. The van der Waals surface area contributed by atoms with Crippen LogP contribution in [0.15, 0.2) is 85.3 Å². The Morgan fingerprint density at radius 2 is 1.74 bits per heavy atom. The van der Waals surface area contributed by atoms with Crippen molar-refractivity contribution >= 4 is 5.95 Å². The summed E-state index contributed by atoms with van der Waals surface area (Å²) in [7, 11) is 0. The standard InChI is InChI=1S/C29H33N5/c1-3-4-15-31-26(19-23-10-6-5-7-11-23)20-32-29-33-21-27(25-12-8-9-22(2)18-25)28(34-29)24-13-16-30-17-14-24/h5-14,16-18,21,26,31H,3-4,15,19-20H2,1-2H3,(H,32,33,34). The number of pyridine rings is 1. The van der Waals surface area contributed by atoms with Crippen LogP contribution in [0.1, 0.15) is 30.9 Å². The summed E-state index contributed by atoms with van der Waals surface area (Å²) in [6, 6.07) is 23.4. The Balaban J connectivity index is 1.57. The maximum atomic E-state index is 4.95. The van der Waals surface area contributed by atoms with Crippen LogP contribution in [-0.4, -0.2) is 34.1 Å². The van der Waals surface area contributed by atoms with E-state index in [1.807, 2.05) is 18.3 Å². The summed E-state index contributed by atoms with van der Waals surface area (Å²) in [6.07, 6.45) is 8.83. The molecule has 0 saturated heterocycles. The van der Waals surface area contributed by atoms with E-state index in [-0.39, 0.29) is 0 Å². The van der Waals surface area contributed by atoms with Crippen molar-refractivity contribution in [1.29, 1.82) is 0 Å². The minimum Gasteiger partial charge on any atom is -0.353 e. The Labute approximate surface area is 202 Å². The molecule has 5 nitrogen and oxygen atoms in total. The summed E-state index contributed by atoms with van der Waals surface area (Å²) < 4.78 is 0. The molecule has 1 atom stereocenters. The molecule has 1 unspecified atom stereocenters. The molecule has 174 valence electrons. The third-order valence-electron chi connectivity index (χ3n) is 5.87. The molecule has 0 fully saturated rings. The van der Waals surface area contributed by atoms with Gasteiger partial charge < -0.3 is 10.6 Å². The molecule has 0 radical (unpaired) electrons. The lowest BCUT2D eigenvalue weighted by Gasteiger charge is -2.20. The van der Waals surface area contributed by atoms with Gasteiger partial charge in [-0.3, -0.25) is 4.98 Å². The summed E-state index contributed by atoms with van der Waals surface area (Å²) in [5, 5.41) is 7.19. The average Bonchev–Trinajstić information content (AvgIpc) is 2.88. The van der Waals surface area contributed by atoms with Crippen molar-refractivity contribution < 1.29 is 0 Å². The van der Waals surface area contributed by atoms with Gasteiger partial charge in [0.05, 0.1) is 5.69 Å². The molecule has 0 amide bonds. The second kappa shape index (κ2) is 12.1. The molecule has 4 aromatic rings. The van der Waals surface area contributed by atoms with Crippen molar-refractivity contribution in [1.82, 2.24) is 20.3 Å². The van der Waals surface area contributed by atoms with Crippen LogP contribution in [0.3, 0.4) is 0 Å². The Morgan fingerprint density at radius 3 is 2.50 bits per heavy atom. The summed E-state index contributed by atoms with van der Waals surface area (Å²) in [5.74, 6) is 0.638. The lowest BCUT2D eigenvalue weighted by molar-refractivity contribution is 0.514. The summed E-state index contributed by atoms with van der Waals surface area (Å²) >= 11 is 0. The largest absolute Gasteiger partial charge is 0.353 e. The van der Waals surface area contributed by atoms with Crippen molar-refractivity contribution in [3.05, 3.63) is 96.4 Å². The lowest BCUT2D eigenvalue weighted by Crippen LogP contribution is -2.38. The van der Waals surface area contributed by atoms with Gasteiger partial charge in [-0.15, -0.1) is 0 Å². The first-order valence-corrected chi connectivity index (χ1v) is 12.1. The number of rotatable bonds is 11. The van der Waals surface area contributed by atoms with Gasteiger partial charge in [0.1, 0.15) is 0 Å². The highest BCUT2D eigenvalue weighted by atomic mass is 15.1. The zero-order valence-corrected chi connectivity index (χ0v) is 20.0. The molecule has 2 aromatic heterocycles. The van der Waals surface area contributed by atoms with Gasteiger partial charge in [0, 0.05) is 42.3 Å². The zero-order chi connectivity index (χ0) is 23.6. The number of benzene rings is 2. The van der Waals surface area contributed by atoms with Crippen molar-refractivity contribution in [3.63, 3.8) is 0 Å². The van der Waals surface area contributed by atoms with Crippen LogP contribution in [0.4, 0.5) is 5.95 Å². The van der Waals surface area contributed by atoms with Crippen LogP contribution >= 0.6 is 0 Å². The highest BCUT2D eigenvalue weighted by Gasteiger charge is 2.14. The first-order chi connectivity index (χ1) is 16.7. The van der Waals surface area contributed by atoms with E-state index in [9.17, 15) is 0 Å². The second-order valence-electron chi connectivity index (χ2n) is 8.64. The number of hydrogen-bond donors (Lipinski definition) is 2. The molecule has 0 aliphatic heterocycles. The lowest BCUT2D eigenvalue weighted by atomic mass is 10.00. The Morgan fingerprint density at radius 1 is 0.912 bits per heavy atom. The van der Waals surface area contributed by atoms with E-state index in [1.165, 1.54) is 24.0 Å². The maximum absolute atomic E-state index is 4.95. The van der Waals surface area contributed by atoms with E-state index in [2.05, 4.69) is 89.0 Å². The molecular formula is C29H33N5. The first kappa shape index (κ1) is 23.6. The third kappa shape index (κ3) is 6.49. The third-order valence-corrected chi connectivity index (χ3v) is 5.87. The summed E-state index contributed by atoms with van der Waals surface area (Å²) in [5.41, 5.74) is 6.60. The van der Waals surface area contributed by atoms with E-state index in [0.29, 0.717) is 12.0 Å². The van der Waals surface area contributed by atoms with Crippen LogP contribution in [0.25, 0.3) is 22.4 Å². The van der Waals surface area contributed by atoms with Gasteiger partial charge in [0.25, 0.3) is 0 Å². The smallest absolute Gasteiger partial charge is 0.223 e. The van der Waals surface area contributed by atoms with E-state index in [1.54, 1.807) is 12.4 Å². The van der Waals surface area contributed by atoms with Gasteiger partial charge in [-0.1, -0.05) is 73.5 Å². The van der Waals surface area contributed by atoms with Crippen LogP contribution in [0, 0.1) is 6.92 Å². The second-order valence-corrected chi connectivity index (χ2v) is 8.64. The Hall–Kier alpha value is -3.57. The Kier molecular flexibility index (Phi) is 8.36. The minimum absolute atomic E-state index is 0.290.